The molecule has 15 heteroatoms. The molecule has 2 aliphatic rings. The van der Waals surface area contributed by atoms with Crippen LogP contribution in [0.15, 0.2) is 60.9 Å². The summed E-state index contributed by atoms with van der Waals surface area (Å²) >= 11 is 0. The zero-order chi connectivity index (χ0) is 31.9. The molecule has 1 unspecified atom stereocenters. The molecular weight excluding hydrogens is 607 g/mol. The zero-order valence-electron chi connectivity index (χ0n) is 23.4. The molecular formula is C30H23F5N4O6. The van der Waals surface area contributed by atoms with E-state index in [0.717, 1.165) is 4.68 Å². The first-order valence-corrected chi connectivity index (χ1v) is 13.6. The van der Waals surface area contributed by atoms with Gasteiger partial charge in [-0.25, -0.2) is 9.48 Å². The molecule has 1 N–H and O–H groups in total. The third-order valence-electron chi connectivity index (χ3n) is 7.17. The Morgan fingerprint density at radius 2 is 1.87 bits per heavy atom. The van der Waals surface area contributed by atoms with Crippen molar-refractivity contribution in [3.05, 3.63) is 94.6 Å². The molecule has 0 bridgehead atoms. The van der Waals surface area contributed by atoms with Crippen molar-refractivity contribution in [1.82, 2.24) is 20.1 Å². The molecule has 45 heavy (non-hydrogen) atoms. The maximum atomic E-state index is 14.1. The van der Waals surface area contributed by atoms with Gasteiger partial charge < -0.3 is 24.3 Å². The zero-order valence-corrected chi connectivity index (χ0v) is 23.4. The van der Waals surface area contributed by atoms with Crippen LogP contribution in [0.1, 0.15) is 62.2 Å². The van der Waals surface area contributed by atoms with E-state index in [0.29, 0.717) is 18.4 Å². The number of pyridine rings is 1. The van der Waals surface area contributed by atoms with Crippen molar-refractivity contribution in [3.8, 4) is 22.9 Å². The summed E-state index contributed by atoms with van der Waals surface area (Å²) in [5, 5.41) is 6.58. The number of alkyl halides is 5. The number of rotatable bonds is 7. The lowest BCUT2D eigenvalue weighted by molar-refractivity contribution is -0.286. The van der Waals surface area contributed by atoms with E-state index in [9.17, 15) is 31.5 Å². The number of ether oxygens (including phenoxy) is 4. The highest BCUT2D eigenvalue weighted by Crippen LogP contribution is 2.43. The number of hydrogen-bond donors (Lipinski definition) is 1. The topological polar surface area (TPSA) is 114 Å². The number of esters is 1. The van der Waals surface area contributed by atoms with Crippen LogP contribution in [0, 0.1) is 0 Å². The van der Waals surface area contributed by atoms with Crippen molar-refractivity contribution < 1.29 is 50.5 Å². The minimum absolute atomic E-state index is 0.0286. The van der Waals surface area contributed by atoms with E-state index in [2.05, 4.69) is 24.9 Å². The van der Waals surface area contributed by atoms with Gasteiger partial charge in [0, 0.05) is 23.9 Å². The molecule has 1 amide bonds. The standard InChI is InChI=1S/C30H23F5N4O6/c1-42-28(41)18-12-20(15-36-14-18)43-23-7-3-6-21-25(23)39(38-26(21)29(31,32)33)19-5-2-4-17(11-19)27(40)37-13-16-8-9-22-24(10-16)45-30(34,35)44-22/h2,4-5,8-12,14-15,23H,3,6-7,13H2,1H3,(H,37,40). The van der Waals surface area contributed by atoms with E-state index in [4.69, 9.17) is 9.47 Å². The average molecular weight is 631 g/mol. The number of nitrogens with zero attached hydrogens (tertiary/aromatic N) is 3. The highest BCUT2D eigenvalue weighted by molar-refractivity contribution is 5.94. The maximum absolute atomic E-state index is 14.1. The largest absolute Gasteiger partial charge is 0.586 e. The van der Waals surface area contributed by atoms with Gasteiger partial charge in [0.05, 0.1) is 30.3 Å². The summed E-state index contributed by atoms with van der Waals surface area (Å²) < 4.78 is 89.8. The molecule has 3 heterocycles. The SMILES string of the molecule is COC(=O)c1cncc(OC2CCCc3c(C(F)(F)F)nn(-c4cccc(C(=O)NCc5ccc6c(c5)OC(F)(F)O6)c4)c32)c1. The van der Waals surface area contributed by atoms with Crippen LogP contribution < -0.4 is 19.5 Å². The second kappa shape index (κ2) is 11.4. The molecule has 1 atom stereocenters. The van der Waals surface area contributed by atoms with Crippen LogP contribution in [-0.4, -0.2) is 40.0 Å². The molecule has 0 radical (unpaired) electrons. The third kappa shape index (κ3) is 6.10. The second-order valence-electron chi connectivity index (χ2n) is 10.2. The number of methoxy groups -OCH3 is 1. The smallest absolute Gasteiger partial charge is 0.482 e. The Morgan fingerprint density at radius 3 is 2.64 bits per heavy atom. The van der Waals surface area contributed by atoms with Crippen molar-refractivity contribution in [2.45, 2.75) is 44.4 Å². The van der Waals surface area contributed by atoms with Crippen LogP contribution in [0.3, 0.4) is 0 Å². The second-order valence-corrected chi connectivity index (χ2v) is 10.2. The molecule has 10 nitrogen and oxygen atoms in total. The van der Waals surface area contributed by atoms with Gasteiger partial charge in [-0.15, -0.1) is 8.78 Å². The highest BCUT2D eigenvalue weighted by atomic mass is 19.4. The van der Waals surface area contributed by atoms with Gasteiger partial charge in [0.15, 0.2) is 17.2 Å². The summed E-state index contributed by atoms with van der Waals surface area (Å²) in [5.74, 6) is -1.40. The number of aromatic nitrogens is 3. The van der Waals surface area contributed by atoms with Gasteiger partial charge in [-0.05, 0) is 61.2 Å². The van der Waals surface area contributed by atoms with Crippen molar-refractivity contribution >= 4 is 11.9 Å². The Morgan fingerprint density at radius 1 is 1.07 bits per heavy atom. The molecule has 234 valence electrons. The number of benzene rings is 2. The molecule has 1 aliphatic carbocycles. The lowest BCUT2D eigenvalue weighted by atomic mass is 9.92. The number of carbonyl (C=O) groups is 2. The molecule has 0 spiro atoms. The number of carbonyl (C=O) groups excluding carboxylic acids is 2. The molecule has 2 aromatic heterocycles. The Bertz CT molecular complexity index is 1790. The molecule has 2 aromatic carbocycles. The summed E-state index contributed by atoms with van der Waals surface area (Å²) in [5.41, 5.74) is -0.0898. The lowest BCUT2D eigenvalue weighted by Crippen LogP contribution is -2.26. The van der Waals surface area contributed by atoms with Crippen molar-refractivity contribution in [3.63, 3.8) is 0 Å². The third-order valence-corrected chi connectivity index (χ3v) is 7.17. The van der Waals surface area contributed by atoms with E-state index in [1.54, 1.807) is 0 Å². The monoisotopic (exact) mass is 630 g/mol. The van der Waals surface area contributed by atoms with Crippen molar-refractivity contribution in [2.24, 2.45) is 0 Å². The van der Waals surface area contributed by atoms with E-state index >= 15 is 0 Å². The normalized spacial score (nSPS) is 16.5. The predicted octanol–water partition coefficient (Wildman–Crippen LogP) is 5.78. The van der Waals surface area contributed by atoms with Gasteiger partial charge in [0.1, 0.15) is 11.9 Å². The summed E-state index contributed by atoms with van der Waals surface area (Å²) in [6.07, 6.45) is -5.98. The predicted molar refractivity (Wildman–Crippen MR) is 144 cm³/mol. The minimum Gasteiger partial charge on any atom is -0.482 e. The molecule has 1 aliphatic heterocycles. The Hall–Kier alpha value is -5.21. The molecule has 0 saturated heterocycles. The summed E-state index contributed by atoms with van der Waals surface area (Å²) in [7, 11) is 1.20. The van der Waals surface area contributed by atoms with Crippen LogP contribution >= 0.6 is 0 Å². The fourth-order valence-electron chi connectivity index (χ4n) is 5.22. The van der Waals surface area contributed by atoms with Crippen LogP contribution in [0.2, 0.25) is 0 Å². The molecule has 6 rings (SSSR count). The van der Waals surface area contributed by atoms with E-state index in [1.165, 1.54) is 68.0 Å². The fraction of sp³-hybridized carbons (Fsp3) is 0.267. The van der Waals surface area contributed by atoms with E-state index in [-0.39, 0.29) is 58.3 Å². The molecule has 4 aromatic rings. The Kier molecular flexibility index (Phi) is 7.54. The first-order chi connectivity index (χ1) is 21.4. The summed E-state index contributed by atoms with van der Waals surface area (Å²) in [6, 6.07) is 11.3. The lowest BCUT2D eigenvalue weighted by Gasteiger charge is -2.26. The van der Waals surface area contributed by atoms with Gasteiger partial charge in [0.25, 0.3) is 5.91 Å². The van der Waals surface area contributed by atoms with Crippen molar-refractivity contribution in [2.75, 3.05) is 7.11 Å². The van der Waals surface area contributed by atoms with Gasteiger partial charge in [-0.2, -0.15) is 18.3 Å². The average Bonchev–Trinajstić information content (AvgIpc) is 3.56. The summed E-state index contributed by atoms with van der Waals surface area (Å²) in [4.78, 5) is 29.0. The first kappa shape index (κ1) is 29.8. The molecule has 0 saturated carbocycles. The fourth-order valence-corrected chi connectivity index (χ4v) is 5.22. The van der Waals surface area contributed by atoms with Crippen molar-refractivity contribution in [1.29, 1.82) is 0 Å². The van der Waals surface area contributed by atoms with Gasteiger partial charge >= 0.3 is 18.4 Å². The quantitative estimate of drug-likeness (QED) is 0.202. The van der Waals surface area contributed by atoms with Gasteiger partial charge in [-0.1, -0.05) is 12.1 Å². The summed E-state index contributed by atoms with van der Waals surface area (Å²) in [6.45, 7) is -0.0603. The number of halogens is 5. The van der Waals surface area contributed by atoms with E-state index in [1.807, 2.05) is 0 Å². The van der Waals surface area contributed by atoms with Crippen LogP contribution in [0.25, 0.3) is 5.69 Å². The number of amides is 1. The van der Waals surface area contributed by atoms with Crippen LogP contribution in [-0.2, 0) is 23.9 Å². The number of hydrogen-bond acceptors (Lipinski definition) is 8. The van der Waals surface area contributed by atoms with Gasteiger partial charge in [0.2, 0.25) is 0 Å². The molecule has 0 fully saturated rings. The first-order valence-electron chi connectivity index (χ1n) is 13.6. The minimum atomic E-state index is -4.76. The van der Waals surface area contributed by atoms with E-state index < -0.39 is 36.1 Å². The Labute approximate surface area is 251 Å². The maximum Gasteiger partial charge on any atom is 0.586 e. The highest BCUT2D eigenvalue weighted by Gasteiger charge is 2.44. The van der Waals surface area contributed by atoms with Gasteiger partial charge in [-0.3, -0.25) is 9.78 Å². The number of fused-ring (bicyclic) bond motifs is 2. The van der Waals surface area contributed by atoms with Crippen LogP contribution in [0.4, 0.5) is 22.0 Å². The van der Waals surface area contributed by atoms with Crippen LogP contribution in [0.5, 0.6) is 17.2 Å². The Balaban J connectivity index is 1.28. The number of nitrogens with one attached hydrogen (secondary N) is 1.